The zero-order valence-corrected chi connectivity index (χ0v) is 12.1. The lowest BCUT2D eigenvalue weighted by Crippen LogP contribution is -2.50. The molecule has 3 rings (SSSR count). The largest absolute Gasteiger partial charge is 0.372 e. The fourth-order valence-electron chi connectivity index (χ4n) is 2.69. The van der Waals surface area contributed by atoms with Crippen molar-refractivity contribution < 1.29 is 9.53 Å². The molecule has 0 aliphatic carbocycles. The van der Waals surface area contributed by atoms with E-state index in [1.54, 1.807) is 29.4 Å². The van der Waals surface area contributed by atoms with Crippen molar-refractivity contribution >= 4 is 11.4 Å². The Morgan fingerprint density at radius 3 is 2.81 bits per heavy atom. The maximum atomic E-state index is 12.3. The number of amides is 1. The van der Waals surface area contributed by atoms with Crippen LogP contribution in [0.25, 0.3) is 5.52 Å². The molecule has 7 heteroatoms. The van der Waals surface area contributed by atoms with Crippen LogP contribution in [0.2, 0.25) is 0 Å². The first-order valence-electron chi connectivity index (χ1n) is 7.01. The summed E-state index contributed by atoms with van der Waals surface area (Å²) in [5, 5.41) is 4.06. The molecule has 2 aromatic rings. The van der Waals surface area contributed by atoms with E-state index in [0.29, 0.717) is 13.1 Å². The van der Waals surface area contributed by atoms with Gasteiger partial charge >= 0.3 is 5.69 Å². The summed E-state index contributed by atoms with van der Waals surface area (Å²) >= 11 is 0. The molecular formula is C14H18N4O3. The molecule has 2 aromatic heterocycles. The molecule has 1 fully saturated rings. The van der Waals surface area contributed by atoms with E-state index in [4.69, 9.17) is 4.74 Å². The standard InChI is InChI=1S/C14H18N4O3/c1-10-7-16(8-11(2)21-10)13(19)9-18-14(20)17-5-3-4-12(17)6-15-18/h3-6,10-11H,7-9H2,1-2H3/t10-,11+. The van der Waals surface area contributed by atoms with Gasteiger partial charge in [-0.25, -0.2) is 9.48 Å². The number of hydrogen-bond acceptors (Lipinski definition) is 4. The molecule has 0 spiro atoms. The van der Waals surface area contributed by atoms with Crippen LogP contribution in [0.3, 0.4) is 0 Å². The highest BCUT2D eigenvalue weighted by Crippen LogP contribution is 2.11. The molecule has 1 amide bonds. The molecule has 0 aromatic carbocycles. The molecule has 21 heavy (non-hydrogen) atoms. The molecule has 0 N–H and O–H groups in total. The van der Waals surface area contributed by atoms with Gasteiger partial charge in [0.1, 0.15) is 6.54 Å². The molecule has 0 bridgehead atoms. The van der Waals surface area contributed by atoms with Crippen LogP contribution in [0, 0.1) is 0 Å². The van der Waals surface area contributed by atoms with Gasteiger partial charge in [-0.3, -0.25) is 9.20 Å². The van der Waals surface area contributed by atoms with E-state index in [9.17, 15) is 9.59 Å². The summed E-state index contributed by atoms with van der Waals surface area (Å²) in [4.78, 5) is 26.3. The Bertz CT molecular complexity index is 710. The Morgan fingerprint density at radius 2 is 2.10 bits per heavy atom. The molecular weight excluding hydrogens is 272 g/mol. The summed E-state index contributed by atoms with van der Waals surface area (Å²) in [6.07, 6.45) is 3.27. The second-order valence-corrected chi connectivity index (χ2v) is 5.44. The number of carbonyl (C=O) groups excluding carboxylic acids is 1. The van der Waals surface area contributed by atoms with Crippen LogP contribution < -0.4 is 5.69 Å². The van der Waals surface area contributed by atoms with Gasteiger partial charge in [0.2, 0.25) is 5.91 Å². The average molecular weight is 290 g/mol. The van der Waals surface area contributed by atoms with E-state index >= 15 is 0 Å². The summed E-state index contributed by atoms with van der Waals surface area (Å²) in [7, 11) is 0. The van der Waals surface area contributed by atoms with Gasteiger partial charge in [-0.15, -0.1) is 0 Å². The van der Waals surface area contributed by atoms with Crippen molar-refractivity contribution in [2.45, 2.75) is 32.6 Å². The highest BCUT2D eigenvalue weighted by molar-refractivity contribution is 5.76. The lowest BCUT2D eigenvalue weighted by atomic mass is 10.2. The minimum Gasteiger partial charge on any atom is -0.372 e. The van der Waals surface area contributed by atoms with Crippen LogP contribution in [0.15, 0.2) is 29.3 Å². The van der Waals surface area contributed by atoms with Crippen LogP contribution in [0.4, 0.5) is 0 Å². The highest BCUT2D eigenvalue weighted by atomic mass is 16.5. The van der Waals surface area contributed by atoms with Gasteiger partial charge in [-0.05, 0) is 26.0 Å². The summed E-state index contributed by atoms with van der Waals surface area (Å²) in [5.41, 5.74) is 0.414. The minimum atomic E-state index is -0.305. The van der Waals surface area contributed by atoms with Gasteiger partial charge in [-0.2, -0.15) is 5.10 Å². The van der Waals surface area contributed by atoms with E-state index < -0.39 is 0 Å². The number of nitrogens with zero attached hydrogens (tertiary/aromatic N) is 4. The SMILES string of the molecule is C[C@@H]1CN(C(=O)Cn2ncc3cccn3c2=O)C[C@H](C)O1. The van der Waals surface area contributed by atoms with Crippen LogP contribution in [0.5, 0.6) is 0 Å². The number of carbonyl (C=O) groups is 1. The first-order valence-corrected chi connectivity index (χ1v) is 7.01. The molecule has 2 atom stereocenters. The summed E-state index contributed by atoms with van der Waals surface area (Å²) < 4.78 is 8.28. The minimum absolute atomic E-state index is 0.00862. The predicted molar refractivity (Wildman–Crippen MR) is 76.0 cm³/mol. The lowest BCUT2D eigenvalue weighted by Gasteiger charge is -2.35. The van der Waals surface area contributed by atoms with Crippen molar-refractivity contribution in [2.75, 3.05) is 13.1 Å². The van der Waals surface area contributed by atoms with Gasteiger partial charge in [0, 0.05) is 19.3 Å². The molecule has 0 saturated carbocycles. The molecule has 0 unspecified atom stereocenters. The van der Waals surface area contributed by atoms with E-state index in [2.05, 4.69) is 5.10 Å². The van der Waals surface area contributed by atoms with Crippen LogP contribution in [0.1, 0.15) is 13.8 Å². The molecule has 1 aliphatic rings. The molecule has 1 saturated heterocycles. The summed E-state index contributed by atoms with van der Waals surface area (Å²) in [6, 6.07) is 3.57. The topological polar surface area (TPSA) is 68.8 Å². The number of fused-ring (bicyclic) bond motifs is 1. The zero-order valence-electron chi connectivity index (χ0n) is 12.1. The molecule has 0 radical (unpaired) electrons. The Balaban J connectivity index is 1.80. The number of hydrogen-bond donors (Lipinski definition) is 0. The second-order valence-electron chi connectivity index (χ2n) is 5.44. The van der Waals surface area contributed by atoms with E-state index in [0.717, 1.165) is 5.52 Å². The molecule has 3 heterocycles. The first-order chi connectivity index (χ1) is 10.0. The second kappa shape index (κ2) is 5.33. The smallest absolute Gasteiger partial charge is 0.349 e. The fraction of sp³-hybridized carbons (Fsp3) is 0.500. The molecule has 1 aliphatic heterocycles. The van der Waals surface area contributed by atoms with Crippen molar-refractivity contribution in [2.24, 2.45) is 0 Å². The van der Waals surface area contributed by atoms with Gasteiger partial charge in [-0.1, -0.05) is 0 Å². The quantitative estimate of drug-likeness (QED) is 0.788. The monoisotopic (exact) mass is 290 g/mol. The van der Waals surface area contributed by atoms with Crippen molar-refractivity contribution in [1.29, 1.82) is 0 Å². The van der Waals surface area contributed by atoms with Crippen molar-refractivity contribution in [3.05, 3.63) is 35.0 Å². The Morgan fingerprint density at radius 1 is 1.38 bits per heavy atom. The zero-order chi connectivity index (χ0) is 15.0. The Kier molecular flexibility index (Phi) is 3.50. The van der Waals surface area contributed by atoms with Crippen molar-refractivity contribution in [1.82, 2.24) is 19.1 Å². The number of aromatic nitrogens is 3. The Hall–Kier alpha value is -2.15. The van der Waals surface area contributed by atoms with E-state index in [1.165, 1.54) is 9.08 Å². The lowest BCUT2D eigenvalue weighted by molar-refractivity contribution is -0.144. The summed E-state index contributed by atoms with van der Waals surface area (Å²) in [6.45, 7) is 4.91. The first kappa shape index (κ1) is 13.8. The maximum Gasteiger partial charge on any atom is 0.349 e. The summed E-state index contributed by atoms with van der Waals surface area (Å²) in [5.74, 6) is -0.113. The van der Waals surface area contributed by atoms with Gasteiger partial charge in [0.25, 0.3) is 0 Å². The van der Waals surface area contributed by atoms with Gasteiger partial charge in [0.05, 0.1) is 23.9 Å². The van der Waals surface area contributed by atoms with Crippen LogP contribution in [-0.4, -0.2) is 50.3 Å². The van der Waals surface area contributed by atoms with Crippen LogP contribution >= 0.6 is 0 Å². The average Bonchev–Trinajstić information content (AvgIpc) is 2.90. The fourth-order valence-corrected chi connectivity index (χ4v) is 2.69. The van der Waals surface area contributed by atoms with Gasteiger partial charge < -0.3 is 9.64 Å². The third-order valence-electron chi connectivity index (χ3n) is 3.59. The normalized spacial score (nSPS) is 22.7. The van der Waals surface area contributed by atoms with Crippen molar-refractivity contribution in [3.8, 4) is 0 Å². The van der Waals surface area contributed by atoms with Crippen molar-refractivity contribution in [3.63, 3.8) is 0 Å². The van der Waals surface area contributed by atoms with E-state index in [1.807, 2.05) is 13.8 Å². The Labute approximate surface area is 121 Å². The maximum absolute atomic E-state index is 12.3. The molecule has 112 valence electrons. The molecule has 7 nitrogen and oxygen atoms in total. The third kappa shape index (κ3) is 2.69. The number of rotatable bonds is 2. The van der Waals surface area contributed by atoms with Crippen LogP contribution in [-0.2, 0) is 16.1 Å². The third-order valence-corrected chi connectivity index (χ3v) is 3.59. The number of morpholine rings is 1. The predicted octanol–water partition coefficient (Wildman–Crippen LogP) is 0.132. The number of ether oxygens (including phenoxy) is 1. The highest BCUT2D eigenvalue weighted by Gasteiger charge is 2.26. The van der Waals surface area contributed by atoms with Gasteiger partial charge in [0.15, 0.2) is 0 Å². The van der Waals surface area contributed by atoms with E-state index in [-0.39, 0.29) is 30.3 Å².